The van der Waals surface area contributed by atoms with Crippen molar-refractivity contribution in [1.29, 1.82) is 0 Å². The molecule has 0 spiro atoms. The number of rotatable bonds is 7. The minimum absolute atomic E-state index is 0.0275. The average Bonchev–Trinajstić information content (AvgIpc) is 2.86. The van der Waals surface area contributed by atoms with E-state index in [9.17, 15) is 14.3 Å². The Morgan fingerprint density at radius 1 is 1.23 bits per heavy atom. The SMILES string of the molecule is C[C@H]1CN([C@@H](C)CO)C(=O)c2cc(-c3cccc(F)c3)cnc2O[C@H]1CN(C)Cc1cncnc1. The summed E-state index contributed by atoms with van der Waals surface area (Å²) in [6.07, 6.45) is 6.38. The smallest absolute Gasteiger partial charge is 0.259 e. The summed E-state index contributed by atoms with van der Waals surface area (Å²) in [5.41, 5.74) is 2.51. The Bertz CT molecular complexity index is 1160. The van der Waals surface area contributed by atoms with E-state index in [4.69, 9.17) is 4.74 Å². The number of benzene rings is 1. The van der Waals surface area contributed by atoms with Crippen molar-refractivity contribution in [3.63, 3.8) is 0 Å². The first kappa shape index (κ1) is 24.7. The van der Waals surface area contributed by atoms with E-state index in [-0.39, 0.29) is 42.3 Å². The number of hydrogen-bond acceptors (Lipinski definition) is 7. The van der Waals surface area contributed by atoms with Crippen LogP contribution < -0.4 is 4.74 Å². The van der Waals surface area contributed by atoms with E-state index in [2.05, 4.69) is 19.9 Å². The van der Waals surface area contributed by atoms with Crippen LogP contribution >= 0.6 is 0 Å². The lowest BCUT2D eigenvalue weighted by atomic mass is 9.99. The largest absolute Gasteiger partial charge is 0.472 e. The van der Waals surface area contributed by atoms with Crippen molar-refractivity contribution in [1.82, 2.24) is 24.8 Å². The zero-order valence-corrected chi connectivity index (χ0v) is 20.1. The number of aliphatic hydroxyl groups excluding tert-OH is 1. The third-order valence-corrected chi connectivity index (χ3v) is 6.24. The molecule has 9 heteroatoms. The lowest BCUT2D eigenvalue weighted by Gasteiger charge is -2.37. The molecular weight excluding hydrogens is 449 g/mol. The summed E-state index contributed by atoms with van der Waals surface area (Å²) in [4.78, 5) is 30.0. The summed E-state index contributed by atoms with van der Waals surface area (Å²) in [6, 6.07) is 7.46. The van der Waals surface area contributed by atoms with Crippen molar-refractivity contribution in [2.45, 2.75) is 32.5 Å². The van der Waals surface area contributed by atoms with Gasteiger partial charge in [-0.05, 0) is 37.7 Å². The number of carbonyl (C=O) groups excluding carboxylic acids is 1. The van der Waals surface area contributed by atoms with E-state index in [0.29, 0.717) is 36.3 Å². The first-order valence-electron chi connectivity index (χ1n) is 11.6. The molecule has 0 bridgehead atoms. The van der Waals surface area contributed by atoms with Crippen molar-refractivity contribution in [2.75, 3.05) is 26.7 Å². The van der Waals surface area contributed by atoms with Crippen molar-refractivity contribution >= 4 is 5.91 Å². The van der Waals surface area contributed by atoms with E-state index < -0.39 is 0 Å². The number of ether oxygens (including phenoxy) is 1. The summed E-state index contributed by atoms with van der Waals surface area (Å²) in [5.74, 6) is -0.431. The molecule has 0 radical (unpaired) electrons. The fraction of sp³-hybridized carbons (Fsp3) is 0.385. The van der Waals surface area contributed by atoms with Gasteiger partial charge in [-0.1, -0.05) is 19.1 Å². The molecule has 3 atom stereocenters. The number of carbonyl (C=O) groups is 1. The predicted molar refractivity (Wildman–Crippen MR) is 129 cm³/mol. The summed E-state index contributed by atoms with van der Waals surface area (Å²) < 4.78 is 20.1. The van der Waals surface area contributed by atoms with Gasteiger partial charge in [0.2, 0.25) is 5.88 Å². The highest BCUT2D eigenvalue weighted by atomic mass is 19.1. The second-order valence-corrected chi connectivity index (χ2v) is 9.15. The molecule has 0 saturated heterocycles. The number of hydrogen-bond donors (Lipinski definition) is 1. The standard InChI is InChI=1S/C26H30FN5O3/c1-17-12-32(18(2)15-33)26(34)23-8-21(20-5-4-6-22(27)7-20)11-30-25(23)35-24(17)14-31(3)13-19-9-28-16-29-10-19/h4-11,16-18,24,33H,12-15H2,1-3H3/t17-,18-,24-/m0/s1. The maximum atomic E-state index is 13.8. The predicted octanol–water partition coefficient (Wildman–Crippen LogP) is 3.03. The van der Waals surface area contributed by atoms with Crippen LogP contribution in [-0.2, 0) is 6.54 Å². The number of amides is 1. The highest BCUT2D eigenvalue weighted by Gasteiger charge is 2.34. The number of aromatic nitrogens is 3. The number of likely N-dealkylation sites (N-methyl/N-ethyl adjacent to an activating group) is 1. The molecule has 35 heavy (non-hydrogen) atoms. The molecule has 8 nitrogen and oxygen atoms in total. The van der Waals surface area contributed by atoms with Gasteiger partial charge in [-0.2, -0.15) is 0 Å². The fourth-order valence-corrected chi connectivity index (χ4v) is 4.24. The summed E-state index contributed by atoms with van der Waals surface area (Å²) in [5, 5.41) is 9.84. The van der Waals surface area contributed by atoms with E-state index in [1.54, 1.807) is 41.7 Å². The van der Waals surface area contributed by atoms with Gasteiger partial charge in [0, 0.05) is 55.3 Å². The van der Waals surface area contributed by atoms with E-state index in [1.165, 1.54) is 18.5 Å². The Morgan fingerprint density at radius 2 is 2.00 bits per heavy atom. The van der Waals surface area contributed by atoms with Crippen LogP contribution in [0.4, 0.5) is 4.39 Å². The van der Waals surface area contributed by atoms with Crippen LogP contribution in [0.2, 0.25) is 0 Å². The summed E-state index contributed by atoms with van der Waals surface area (Å²) >= 11 is 0. The Hall–Kier alpha value is -3.43. The number of nitrogens with zero attached hydrogens (tertiary/aromatic N) is 5. The van der Waals surface area contributed by atoms with Crippen LogP contribution in [0.25, 0.3) is 11.1 Å². The third kappa shape index (κ3) is 5.80. The van der Waals surface area contributed by atoms with Crippen LogP contribution in [0.15, 0.2) is 55.2 Å². The molecule has 3 aromatic rings. The molecule has 4 rings (SSSR count). The van der Waals surface area contributed by atoms with Crippen molar-refractivity contribution in [2.24, 2.45) is 5.92 Å². The number of fused-ring (bicyclic) bond motifs is 1. The average molecular weight is 480 g/mol. The minimum Gasteiger partial charge on any atom is -0.472 e. The number of pyridine rings is 1. The van der Waals surface area contributed by atoms with Crippen LogP contribution in [0.1, 0.15) is 29.8 Å². The van der Waals surface area contributed by atoms with E-state index in [0.717, 1.165) is 5.56 Å². The Labute approximate surface area is 204 Å². The second kappa shape index (κ2) is 10.9. The van der Waals surface area contributed by atoms with Gasteiger partial charge in [-0.25, -0.2) is 19.3 Å². The maximum Gasteiger partial charge on any atom is 0.259 e. The highest BCUT2D eigenvalue weighted by Crippen LogP contribution is 2.30. The van der Waals surface area contributed by atoms with Gasteiger partial charge < -0.3 is 14.7 Å². The molecule has 0 unspecified atom stereocenters. The van der Waals surface area contributed by atoms with Crippen LogP contribution in [0.3, 0.4) is 0 Å². The van der Waals surface area contributed by atoms with Gasteiger partial charge in [0.05, 0.1) is 12.6 Å². The molecule has 184 valence electrons. The number of halogens is 1. The molecule has 1 N–H and O–H groups in total. The highest BCUT2D eigenvalue weighted by molar-refractivity contribution is 5.98. The molecule has 0 aliphatic carbocycles. The summed E-state index contributed by atoms with van der Waals surface area (Å²) in [7, 11) is 1.99. The van der Waals surface area contributed by atoms with Crippen LogP contribution in [0.5, 0.6) is 5.88 Å². The van der Waals surface area contributed by atoms with Gasteiger partial charge >= 0.3 is 0 Å². The van der Waals surface area contributed by atoms with Crippen molar-refractivity contribution < 1.29 is 19.0 Å². The first-order chi connectivity index (χ1) is 16.9. The molecular formula is C26H30FN5O3. The quantitative estimate of drug-likeness (QED) is 0.557. The van der Waals surface area contributed by atoms with Gasteiger partial charge in [-0.3, -0.25) is 9.69 Å². The molecule has 1 aromatic carbocycles. The van der Waals surface area contributed by atoms with Crippen molar-refractivity contribution in [3.8, 4) is 17.0 Å². The Kier molecular flexibility index (Phi) is 7.67. The second-order valence-electron chi connectivity index (χ2n) is 9.15. The third-order valence-electron chi connectivity index (χ3n) is 6.24. The Morgan fingerprint density at radius 3 is 2.71 bits per heavy atom. The molecule has 3 heterocycles. The number of aliphatic hydroxyl groups is 1. The monoisotopic (exact) mass is 479 g/mol. The van der Waals surface area contributed by atoms with Gasteiger partial charge in [-0.15, -0.1) is 0 Å². The maximum absolute atomic E-state index is 13.8. The van der Waals surface area contributed by atoms with Crippen LogP contribution in [-0.4, -0.2) is 74.7 Å². The zero-order chi connectivity index (χ0) is 24.9. The first-order valence-corrected chi connectivity index (χ1v) is 11.6. The molecule has 0 fully saturated rings. The lowest BCUT2D eigenvalue weighted by molar-refractivity contribution is 0.0325. The minimum atomic E-state index is -0.381. The molecule has 1 aliphatic rings. The Balaban J connectivity index is 1.66. The van der Waals surface area contributed by atoms with Crippen molar-refractivity contribution in [3.05, 3.63) is 72.2 Å². The molecule has 1 aliphatic heterocycles. The van der Waals surface area contributed by atoms with Gasteiger partial charge in [0.25, 0.3) is 5.91 Å². The van der Waals surface area contributed by atoms with E-state index >= 15 is 0 Å². The van der Waals surface area contributed by atoms with Gasteiger partial charge in [0.15, 0.2) is 0 Å². The fourth-order valence-electron chi connectivity index (χ4n) is 4.24. The molecule has 2 aromatic heterocycles. The lowest BCUT2D eigenvalue weighted by Crippen LogP contribution is -2.49. The van der Waals surface area contributed by atoms with Crippen LogP contribution in [0, 0.1) is 11.7 Å². The molecule has 0 saturated carbocycles. The summed E-state index contributed by atoms with van der Waals surface area (Å²) in [6.45, 7) is 5.31. The van der Waals surface area contributed by atoms with E-state index in [1.807, 2.05) is 20.9 Å². The topological polar surface area (TPSA) is 91.7 Å². The normalized spacial score (nSPS) is 19.0. The molecule has 1 amide bonds. The van der Waals surface area contributed by atoms with Gasteiger partial charge in [0.1, 0.15) is 23.8 Å². The zero-order valence-electron chi connectivity index (χ0n) is 20.1.